The summed E-state index contributed by atoms with van der Waals surface area (Å²) >= 11 is 0. The minimum Gasteiger partial charge on any atom is -0.365 e. The van der Waals surface area contributed by atoms with Crippen LogP contribution in [0.5, 0.6) is 0 Å². The van der Waals surface area contributed by atoms with Crippen LogP contribution >= 0.6 is 0 Å². The molecular formula is C13H13FN2O. The number of carbonyl (C=O) groups is 1. The first-order chi connectivity index (χ1) is 8.13. The van der Waals surface area contributed by atoms with Crippen molar-refractivity contribution in [2.24, 2.45) is 0 Å². The molecule has 0 bridgehead atoms. The Bertz CT molecular complexity index is 516. The van der Waals surface area contributed by atoms with E-state index >= 15 is 0 Å². The van der Waals surface area contributed by atoms with Crippen molar-refractivity contribution in [1.82, 2.24) is 4.98 Å². The predicted molar refractivity (Wildman–Crippen MR) is 64.3 cm³/mol. The van der Waals surface area contributed by atoms with Crippen molar-refractivity contribution in [2.45, 2.75) is 13.3 Å². The molecule has 0 radical (unpaired) electrons. The van der Waals surface area contributed by atoms with Crippen LogP contribution in [-0.4, -0.2) is 10.9 Å². The molecule has 17 heavy (non-hydrogen) atoms. The lowest BCUT2D eigenvalue weighted by Crippen LogP contribution is -2.13. The molecular weight excluding hydrogens is 219 g/mol. The second kappa shape index (κ2) is 4.82. The second-order valence-electron chi connectivity index (χ2n) is 3.92. The largest absolute Gasteiger partial charge is 0.365 e. The lowest BCUT2D eigenvalue weighted by Gasteiger charge is -2.03. The average molecular weight is 232 g/mol. The molecule has 0 aliphatic rings. The van der Waals surface area contributed by atoms with Gasteiger partial charge in [-0.1, -0.05) is 0 Å². The summed E-state index contributed by atoms with van der Waals surface area (Å²) in [5.41, 5.74) is 2.56. The first kappa shape index (κ1) is 11.4. The molecule has 0 saturated heterocycles. The molecule has 2 aromatic rings. The lowest BCUT2D eigenvalue weighted by molar-refractivity contribution is -0.115. The van der Waals surface area contributed by atoms with Gasteiger partial charge in [0, 0.05) is 17.6 Å². The minimum absolute atomic E-state index is 0.115. The average Bonchev–Trinajstić information content (AvgIpc) is 2.67. The molecule has 1 aromatic heterocycles. The molecule has 0 atom stereocenters. The molecule has 88 valence electrons. The summed E-state index contributed by atoms with van der Waals surface area (Å²) in [4.78, 5) is 14.7. The van der Waals surface area contributed by atoms with Crippen molar-refractivity contribution in [2.75, 3.05) is 5.32 Å². The highest BCUT2D eigenvalue weighted by Gasteiger charge is 2.05. The molecule has 2 N–H and O–H groups in total. The number of carbonyl (C=O) groups excluding carboxylic acids is 1. The van der Waals surface area contributed by atoms with Gasteiger partial charge in [0.2, 0.25) is 5.91 Å². The quantitative estimate of drug-likeness (QED) is 0.839. The third-order valence-electron chi connectivity index (χ3n) is 2.38. The fourth-order valence-electron chi connectivity index (χ4n) is 1.59. The van der Waals surface area contributed by atoms with Gasteiger partial charge in [0.05, 0.1) is 6.42 Å². The van der Waals surface area contributed by atoms with Crippen LogP contribution in [0.1, 0.15) is 11.3 Å². The molecule has 2 rings (SSSR count). The van der Waals surface area contributed by atoms with Gasteiger partial charge >= 0.3 is 0 Å². The Kier molecular flexibility index (Phi) is 3.23. The highest BCUT2D eigenvalue weighted by Crippen LogP contribution is 2.09. The zero-order chi connectivity index (χ0) is 12.3. The van der Waals surface area contributed by atoms with Crippen molar-refractivity contribution in [3.8, 4) is 0 Å². The van der Waals surface area contributed by atoms with Crippen molar-refractivity contribution >= 4 is 11.6 Å². The van der Waals surface area contributed by atoms with E-state index < -0.39 is 0 Å². The van der Waals surface area contributed by atoms with Crippen LogP contribution < -0.4 is 5.32 Å². The molecule has 0 spiro atoms. The fraction of sp³-hybridized carbons (Fsp3) is 0.154. The summed E-state index contributed by atoms with van der Waals surface area (Å²) in [6, 6.07) is 7.63. The molecule has 0 saturated carbocycles. The Morgan fingerprint density at radius 2 is 2.06 bits per heavy atom. The summed E-state index contributed by atoms with van der Waals surface area (Å²) in [5.74, 6) is -0.431. The Balaban J connectivity index is 1.95. The second-order valence-corrected chi connectivity index (χ2v) is 3.92. The summed E-state index contributed by atoms with van der Waals surface area (Å²) in [6.45, 7) is 1.93. The maximum atomic E-state index is 12.7. The maximum Gasteiger partial charge on any atom is 0.228 e. The van der Waals surface area contributed by atoms with Crippen LogP contribution in [0.15, 0.2) is 36.5 Å². The third-order valence-corrected chi connectivity index (χ3v) is 2.38. The Hall–Kier alpha value is -2.10. The number of aryl methyl sites for hydroxylation is 1. The van der Waals surface area contributed by atoms with E-state index in [0.29, 0.717) is 12.1 Å². The number of halogens is 1. The Morgan fingerprint density at radius 1 is 1.35 bits per heavy atom. The van der Waals surface area contributed by atoms with E-state index in [4.69, 9.17) is 0 Å². The Labute approximate surface area is 98.7 Å². The topological polar surface area (TPSA) is 44.9 Å². The number of benzene rings is 1. The van der Waals surface area contributed by atoms with Crippen LogP contribution in [0.25, 0.3) is 0 Å². The summed E-state index contributed by atoms with van der Waals surface area (Å²) in [7, 11) is 0. The number of amides is 1. The molecule has 4 heteroatoms. The summed E-state index contributed by atoms with van der Waals surface area (Å²) in [5, 5.41) is 2.71. The van der Waals surface area contributed by atoms with Crippen LogP contribution in [0.2, 0.25) is 0 Å². The number of aromatic amines is 1. The fourth-order valence-corrected chi connectivity index (χ4v) is 1.59. The number of H-pyrrole nitrogens is 1. The highest BCUT2D eigenvalue weighted by atomic mass is 19.1. The van der Waals surface area contributed by atoms with Gasteiger partial charge in [-0.2, -0.15) is 0 Å². The SMILES string of the molecule is Cc1cc(CC(=O)Nc2ccc(F)cc2)c[nH]1. The Morgan fingerprint density at radius 3 is 2.65 bits per heavy atom. The van der Waals surface area contributed by atoms with Gasteiger partial charge in [0.15, 0.2) is 0 Å². The molecule has 0 aliphatic carbocycles. The van der Waals surface area contributed by atoms with Crippen molar-refractivity contribution < 1.29 is 9.18 Å². The lowest BCUT2D eigenvalue weighted by atomic mass is 10.2. The van der Waals surface area contributed by atoms with E-state index in [0.717, 1.165) is 11.3 Å². The molecule has 0 unspecified atom stereocenters. The number of nitrogens with one attached hydrogen (secondary N) is 2. The first-order valence-corrected chi connectivity index (χ1v) is 5.33. The smallest absolute Gasteiger partial charge is 0.228 e. The van der Waals surface area contributed by atoms with Gasteiger partial charge in [0.1, 0.15) is 5.82 Å². The molecule has 0 aliphatic heterocycles. The van der Waals surface area contributed by atoms with E-state index in [9.17, 15) is 9.18 Å². The molecule has 1 aromatic carbocycles. The normalized spacial score (nSPS) is 10.2. The van der Waals surface area contributed by atoms with Gasteiger partial charge in [-0.25, -0.2) is 4.39 Å². The van der Waals surface area contributed by atoms with E-state index in [1.54, 1.807) is 6.20 Å². The monoisotopic (exact) mass is 232 g/mol. The van der Waals surface area contributed by atoms with Crippen LogP contribution in [0, 0.1) is 12.7 Å². The molecule has 1 amide bonds. The third kappa shape index (κ3) is 3.17. The number of aromatic nitrogens is 1. The van der Waals surface area contributed by atoms with Crippen molar-refractivity contribution in [3.05, 3.63) is 53.6 Å². The van der Waals surface area contributed by atoms with Gasteiger partial charge in [-0.3, -0.25) is 4.79 Å². The predicted octanol–water partition coefficient (Wildman–Crippen LogP) is 2.64. The summed E-state index contributed by atoms with van der Waals surface area (Å²) in [6.07, 6.45) is 2.11. The van der Waals surface area contributed by atoms with Crippen molar-refractivity contribution in [1.29, 1.82) is 0 Å². The van der Waals surface area contributed by atoms with Gasteiger partial charge in [-0.05, 0) is 42.8 Å². The van der Waals surface area contributed by atoms with E-state index in [1.807, 2.05) is 13.0 Å². The van der Waals surface area contributed by atoms with Crippen LogP contribution in [-0.2, 0) is 11.2 Å². The zero-order valence-electron chi connectivity index (χ0n) is 9.46. The molecule has 1 heterocycles. The number of rotatable bonds is 3. The van der Waals surface area contributed by atoms with Crippen molar-refractivity contribution in [3.63, 3.8) is 0 Å². The highest BCUT2D eigenvalue weighted by molar-refractivity contribution is 5.92. The molecule has 0 fully saturated rings. The van der Waals surface area contributed by atoms with E-state index in [2.05, 4.69) is 10.3 Å². The standard InChI is InChI=1S/C13H13FN2O/c1-9-6-10(8-15-9)7-13(17)16-12-4-2-11(14)3-5-12/h2-6,8,15H,7H2,1H3,(H,16,17). The van der Waals surface area contributed by atoms with Gasteiger partial charge in [0.25, 0.3) is 0 Å². The van der Waals surface area contributed by atoms with E-state index in [-0.39, 0.29) is 11.7 Å². The van der Waals surface area contributed by atoms with Gasteiger partial charge in [-0.15, -0.1) is 0 Å². The van der Waals surface area contributed by atoms with Crippen LogP contribution in [0.3, 0.4) is 0 Å². The number of anilines is 1. The first-order valence-electron chi connectivity index (χ1n) is 5.33. The molecule has 3 nitrogen and oxygen atoms in total. The zero-order valence-corrected chi connectivity index (χ0v) is 9.46. The minimum atomic E-state index is -0.316. The van der Waals surface area contributed by atoms with Crippen LogP contribution in [0.4, 0.5) is 10.1 Å². The number of hydrogen-bond acceptors (Lipinski definition) is 1. The van der Waals surface area contributed by atoms with Gasteiger partial charge < -0.3 is 10.3 Å². The summed E-state index contributed by atoms with van der Waals surface area (Å²) < 4.78 is 12.7. The van der Waals surface area contributed by atoms with E-state index in [1.165, 1.54) is 24.3 Å². The number of hydrogen-bond donors (Lipinski definition) is 2. The maximum absolute atomic E-state index is 12.7.